The first-order valence-corrected chi connectivity index (χ1v) is 11.3. The Labute approximate surface area is 203 Å². The van der Waals surface area contributed by atoms with E-state index < -0.39 is 34.8 Å². The Kier molecular flexibility index (Phi) is 8.53. The average molecular weight is 503 g/mol. The van der Waals surface area contributed by atoms with Crippen molar-refractivity contribution in [3.05, 3.63) is 90.0 Å². The first-order chi connectivity index (χ1) is 16.6. The molecule has 0 heterocycles. The van der Waals surface area contributed by atoms with E-state index in [9.17, 15) is 27.6 Å². The number of carboxylic acids is 1. The summed E-state index contributed by atoms with van der Waals surface area (Å²) in [5, 5.41) is 12.8. The molecule has 0 radical (unpaired) electrons. The first kappa shape index (κ1) is 25.8. The highest BCUT2D eigenvalue weighted by Gasteiger charge is 2.34. The molecule has 6 nitrogen and oxygen atoms in total. The molecule has 0 aliphatic carbocycles. The number of carbonyl (C=O) groups is 3. The van der Waals surface area contributed by atoms with Crippen molar-refractivity contribution in [2.24, 2.45) is 0 Å². The molecule has 3 rings (SSSR count). The maximum absolute atomic E-state index is 13.4. The number of hydrogen-bond donors (Lipinski definition) is 3. The van der Waals surface area contributed by atoms with Crippen molar-refractivity contribution in [3.8, 4) is 0 Å². The minimum atomic E-state index is -4.62. The summed E-state index contributed by atoms with van der Waals surface area (Å²) in [5.41, 5.74) is -0.214. The minimum absolute atomic E-state index is 0.165. The lowest BCUT2D eigenvalue weighted by molar-refractivity contribution is -0.138. The molecule has 1 atom stereocenters. The summed E-state index contributed by atoms with van der Waals surface area (Å²) < 4.78 is 40.1. The van der Waals surface area contributed by atoms with Crippen LogP contribution < -0.4 is 10.6 Å². The summed E-state index contributed by atoms with van der Waals surface area (Å²) in [5.74, 6) is -2.14. The lowest BCUT2D eigenvalue weighted by Gasteiger charge is -2.19. The largest absolute Gasteiger partial charge is 0.481 e. The second-order valence-electron chi connectivity index (χ2n) is 7.41. The number of halogens is 3. The highest BCUT2D eigenvalue weighted by Crippen LogP contribution is 2.39. The van der Waals surface area contributed by atoms with Crippen molar-refractivity contribution in [3.63, 3.8) is 0 Å². The van der Waals surface area contributed by atoms with Gasteiger partial charge in [0, 0.05) is 17.0 Å². The van der Waals surface area contributed by atoms with Gasteiger partial charge in [0.1, 0.15) is 5.25 Å². The van der Waals surface area contributed by atoms with Gasteiger partial charge in [-0.2, -0.15) is 13.2 Å². The van der Waals surface area contributed by atoms with Gasteiger partial charge in [0.05, 0.1) is 17.7 Å². The van der Waals surface area contributed by atoms with Gasteiger partial charge in [-0.3, -0.25) is 14.4 Å². The number of amides is 2. The molecule has 0 spiro atoms. The predicted octanol–water partition coefficient (Wildman–Crippen LogP) is 5.98. The van der Waals surface area contributed by atoms with Gasteiger partial charge in [-0.05, 0) is 42.0 Å². The summed E-state index contributed by atoms with van der Waals surface area (Å²) in [7, 11) is 0. The fourth-order valence-electron chi connectivity index (χ4n) is 3.14. The molecule has 0 bridgehead atoms. The van der Waals surface area contributed by atoms with Gasteiger partial charge in [-0.1, -0.05) is 42.5 Å². The Hall–Kier alpha value is -3.79. The Balaban J connectivity index is 1.78. The van der Waals surface area contributed by atoms with Crippen LogP contribution in [0.5, 0.6) is 0 Å². The van der Waals surface area contributed by atoms with E-state index in [1.165, 1.54) is 18.2 Å². The molecule has 0 saturated carbocycles. The van der Waals surface area contributed by atoms with E-state index >= 15 is 0 Å². The van der Waals surface area contributed by atoms with E-state index in [0.717, 1.165) is 17.8 Å². The number of anilines is 2. The van der Waals surface area contributed by atoms with Crippen molar-refractivity contribution >= 4 is 40.9 Å². The van der Waals surface area contributed by atoms with E-state index in [1.54, 1.807) is 54.6 Å². The standard InChI is InChI=1S/C25H21F3N2O4S/c26-25(27,28)19-8-4-5-9-20(19)30-24(34)23(16-6-2-1-3-7-16)35-18-12-10-17(11-13-18)29-21(31)14-15-22(32)33/h1-13,23H,14-15H2,(H,29,31)(H,30,34)(H,32,33). The van der Waals surface area contributed by atoms with Crippen molar-refractivity contribution in [1.29, 1.82) is 0 Å². The number of alkyl halides is 3. The normalized spacial score (nSPS) is 12.0. The lowest BCUT2D eigenvalue weighted by atomic mass is 10.1. The van der Waals surface area contributed by atoms with Gasteiger partial charge in [-0.15, -0.1) is 11.8 Å². The zero-order valence-electron chi connectivity index (χ0n) is 18.2. The predicted molar refractivity (Wildman–Crippen MR) is 127 cm³/mol. The van der Waals surface area contributed by atoms with Gasteiger partial charge >= 0.3 is 12.1 Å². The summed E-state index contributed by atoms with van der Waals surface area (Å²) in [6, 6.07) is 19.9. The van der Waals surface area contributed by atoms with Crippen LogP contribution in [0, 0.1) is 0 Å². The van der Waals surface area contributed by atoms with Gasteiger partial charge < -0.3 is 15.7 Å². The van der Waals surface area contributed by atoms with Gasteiger partial charge in [0.2, 0.25) is 11.8 Å². The van der Waals surface area contributed by atoms with Gasteiger partial charge in [0.25, 0.3) is 0 Å². The number of benzene rings is 3. The first-order valence-electron chi connectivity index (χ1n) is 10.4. The third kappa shape index (κ3) is 7.61. The summed E-state index contributed by atoms with van der Waals surface area (Å²) in [6.07, 6.45) is -5.07. The molecule has 2 amide bonds. The number of carboxylic acid groups (broad SMARTS) is 1. The van der Waals surface area contributed by atoms with Crippen LogP contribution in [0.25, 0.3) is 0 Å². The Morgan fingerprint density at radius 1 is 0.829 bits per heavy atom. The number of para-hydroxylation sites is 1. The number of aliphatic carboxylic acids is 1. The third-order valence-electron chi connectivity index (χ3n) is 4.79. The van der Waals surface area contributed by atoms with Crippen LogP contribution >= 0.6 is 11.8 Å². The lowest BCUT2D eigenvalue weighted by Crippen LogP contribution is -2.21. The molecular weight excluding hydrogens is 481 g/mol. The number of carbonyl (C=O) groups excluding carboxylic acids is 2. The number of nitrogens with one attached hydrogen (secondary N) is 2. The van der Waals surface area contributed by atoms with E-state index in [-0.39, 0.29) is 18.5 Å². The summed E-state index contributed by atoms with van der Waals surface area (Å²) in [6.45, 7) is 0. The van der Waals surface area contributed by atoms with Crippen LogP contribution in [0.2, 0.25) is 0 Å². The van der Waals surface area contributed by atoms with Crippen LogP contribution in [0.1, 0.15) is 29.2 Å². The Bertz CT molecular complexity index is 1190. The summed E-state index contributed by atoms with van der Waals surface area (Å²) in [4.78, 5) is 36.2. The number of rotatable bonds is 9. The molecular formula is C25H21F3N2O4S. The number of hydrogen-bond acceptors (Lipinski definition) is 4. The van der Waals surface area contributed by atoms with Crippen molar-refractivity contribution in [2.75, 3.05) is 10.6 Å². The zero-order valence-corrected chi connectivity index (χ0v) is 19.0. The fraction of sp³-hybridized carbons (Fsp3) is 0.160. The van der Waals surface area contributed by atoms with Crippen LogP contribution in [0.4, 0.5) is 24.5 Å². The van der Waals surface area contributed by atoms with E-state index in [0.29, 0.717) is 16.1 Å². The topological polar surface area (TPSA) is 95.5 Å². The van der Waals surface area contributed by atoms with E-state index in [4.69, 9.17) is 5.11 Å². The number of thioether (sulfide) groups is 1. The van der Waals surface area contributed by atoms with Gasteiger partial charge in [0.15, 0.2) is 0 Å². The second-order valence-corrected chi connectivity index (χ2v) is 8.59. The molecule has 0 fully saturated rings. The van der Waals surface area contributed by atoms with Gasteiger partial charge in [-0.25, -0.2) is 0 Å². The summed E-state index contributed by atoms with van der Waals surface area (Å²) >= 11 is 1.14. The maximum atomic E-state index is 13.4. The van der Waals surface area contributed by atoms with Crippen LogP contribution in [0.15, 0.2) is 83.8 Å². The minimum Gasteiger partial charge on any atom is -0.481 e. The highest BCUT2D eigenvalue weighted by atomic mass is 32.2. The SMILES string of the molecule is O=C(O)CCC(=O)Nc1ccc(SC(C(=O)Nc2ccccc2C(F)(F)F)c2ccccc2)cc1. The van der Waals surface area contributed by atoms with Crippen molar-refractivity contribution < 1.29 is 32.7 Å². The van der Waals surface area contributed by atoms with Crippen molar-refractivity contribution in [2.45, 2.75) is 29.2 Å². The highest BCUT2D eigenvalue weighted by molar-refractivity contribution is 8.00. The smallest absolute Gasteiger partial charge is 0.418 e. The fourth-order valence-corrected chi connectivity index (χ4v) is 4.16. The Morgan fingerprint density at radius 3 is 2.09 bits per heavy atom. The average Bonchev–Trinajstić information content (AvgIpc) is 2.82. The van der Waals surface area contributed by atoms with Crippen LogP contribution in [0.3, 0.4) is 0 Å². The monoisotopic (exact) mass is 502 g/mol. The molecule has 0 saturated heterocycles. The van der Waals surface area contributed by atoms with Crippen LogP contribution in [-0.2, 0) is 20.6 Å². The van der Waals surface area contributed by atoms with E-state index in [2.05, 4.69) is 10.6 Å². The van der Waals surface area contributed by atoms with Crippen LogP contribution in [-0.4, -0.2) is 22.9 Å². The molecule has 0 aliphatic rings. The molecule has 0 aliphatic heterocycles. The quantitative estimate of drug-likeness (QED) is 0.313. The third-order valence-corrected chi connectivity index (χ3v) is 6.05. The molecule has 10 heteroatoms. The zero-order chi connectivity index (χ0) is 25.4. The molecule has 35 heavy (non-hydrogen) atoms. The van der Waals surface area contributed by atoms with Crippen molar-refractivity contribution in [1.82, 2.24) is 0 Å². The van der Waals surface area contributed by atoms with E-state index in [1.807, 2.05) is 0 Å². The molecule has 3 N–H and O–H groups in total. The molecule has 0 aromatic heterocycles. The molecule has 1 unspecified atom stereocenters. The molecule has 3 aromatic carbocycles. The maximum Gasteiger partial charge on any atom is 0.418 e. The Morgan fingerprint density at radius 2 is 1.46 bits per heavy atom. The second kappa shape index (κ2) is 11.6. The molecule has 3 aromatic rings. The molecule has 182 valence electrons.